The molecule has 0 unspecified atom stereocenters. The summed E-state index contributed by atoms with van der Waals surface area (Å²) < 4.78 is 103. The number of methoxy groups -OCH3 is 1. The summed E-state index contributed by atoms with van der Waals surface area (Å²) in [7, 11) is 1.19. The summed E-state index contributed by atoms with van der Waals surface area (Å²) in [6.45, 7) is -1.57. The van der Waals surface area contributed by atoms with Crippen molar-refractivity contribution in [3.8, 4) is 11.5 Å². The van der Waals surface area contributed by atoms with Gasteiger partial charge in [0.05, 0.1) is 12.7 Å². The summed E-state index contributed by atoms with van der Waals surface area (Å²) in [5, 5.41) is 5.54. The van der Waals surface area contributed by atoms with Crippen molar-refractivity contribution in [1.29, 1.82) is 0 Å². The third-order valence-corrected chi connectivity index (χ3v) is 5.45. The first-order valence-electron chi connectivity index (χ1n) is 9.66. The second-order valence-corrected chi connectivity index (χ2v) is 8.37. The van der Waals surface area contributed by atoms with Gasteiger partial charge < -0.3 is 24.8 Å². The third-order valence-electron chi connectivity index (χ3n) is 4.05. The Morgan fingerprint density at radius 1 is 1.03 bits per heavy atom. The van der Waals surface area contributed by atoms with E-state index in [2.05, 4.69) is 20.1 Å². The van der Waals surface area contributed by atoms with E-state index in [0.29, 0.717) is 11.4 Å². The molecule has 1 aromatic heterocycles. The number of hydrogen-bond donors (Lipinski definition) is 2. The smallest absolute Gasteiger partial charge is 0.422 e. The molecule has 0 atom stereocenters. The van der Waals surface area contributed by atoms with Gasteiger partial charge in [-0.25, -0.2) is 13.6 Å². The predicted octanol–water partition coefficient (Wildman–Crippen LogP) is 6.13. The van der Waals surface area contributed by atoms with Crippen LogP contribution in [-0.4, -0.2) is 49.9 Å². The zero-order valence-electron chi connectivity index (χ0n) is 18.1. The van der Waals surface area contributed by atoms with E-state index in [-0.39, 0.29) is 16.4 Å². The van der Waals surface area contributed by atoms with Crippen molar-refractivity contribution in [3.05, 3.63) is 34.7 Å². The maximum absolute atomic E-state index is 13.2. The van der Waals surface area contributed by atoms with Crippen LogP contribution in [0.15, 0.2) is 24.3 Å². The molecule has 194 valence electrons. The average Bonchev–Trinajstić information content (AvgIpc) is 3.17. The Labute approximate surface area is 204 Å². The normalized spacial score (nSPS) is 11.8. The molecule has 0 aliphatic heterocycles. The number of nitrogens with one attached hydrogen (secondary N) is 2. The second-order valence-electron chi connectivity index (χ2n) is 6.83. The average molecular weight is 549 g/mol. The van der Waals surface area contributed by atoms with Crippen LogP contribution in [-0.2, 0) is 11.2 Å². The molecule has 0 amide bonds. The van der Waals surface area contributed by atoms with Crippen molar-refractivity contribution < 1.29 is 49.7 Å². The van der Waals surface area contributed by atoms with Gasteiger partial charge in [-0.1, -0.05) is 6.92 Å². The molecule has 0 saturated carbocycles. The van der Waals surface area contributed by atoms with Crippen LogP contribution in [0.4, 0.5) is 41.4 Å². The fourth-order valence-corrected chi connectivity index (χ4v) is 3.73. The van der Waals surface area contributed by atoms with Crippen LogP contribution in [0.1, 0.15) is 22.2 Å². The van der Waals surface area contributed by atoms with Crippen molar-refractivity contribution in [2.45, 2.75) is 31.9 Å². The topological polar surface area (TPSA) is 68.8 Å². The Bertz CT molecular complexity index is 1040. The molecule has 2 rings (SSSR count). The highest BCUT2D eigenvalue weighted by Gasteiger charge is 2.41. The first kappa shape index (κ1) is 28.4. The highest BCUT2D eigenvalue weighted by atomic mass is 32.1. The predicted molar refractivity (Wildman–Crippen MR) is 119 cm³/mol. The van der Waals surface area contributed by atoms with E-state index in [0.717, 1.165) is 23.1 Å². The standard InChI is InChI=1S/C20H19F7N2O4S2/c1-3-13-7-14(16(30)31-2)15(35-13)29-18(34)28-10-4-11(32-8-19(23,24)17(21)22)6-12(5-10)33-9-20(25,26)27/h4-7,17H,3,8-9H2,1-2H3,(H2,28,29,34). The second kappa shape index (κ2) is 11.7. The van der Waals surface area contributed by atoms with Crippen LogP contribution in [0, 0.1) is 0 Å². The molecule has 1 aromatic carbocycles. The van der Waals surface area contributed by atoms with E-state index < -0.39 is 49.2 Å². The monoisotopic (exact) mass is 548 g/mol. The molecule has 2 N–H and O–H groups in total. The summed E-state index contributed by atoms with van der Waals surface area (Å²) in [6.07, 6.45) is -8.10. The zero-order valence-corrected chi connectivity index (χ0v) is 19.7. The molecule has 35 heavy (non-hydrogen) atoms. The van der Waals surface area contributed by atoms with Crippen molar-refractivity contribution in [1.82, 2.24) is 0 Å². The summed E-state index contributed by atoms with van der Waals surface area (Å²) in [6, 6.07) is 4.54. The molecular weight excluding hydrogens is 529 g/mol. The number of carbonyl (C=O) groups is 1. The number of ether oxygens (including phenoxy) is 3. The number of carbonyl (C=O) groups excluding carboxylic acids is 1. The minimum Gasteiger partial charge on any atom is -0.487 e. The number of aryl methyl sites for hydroxylation is 1. The Morgan fingerprint density at radius 3 is 2.14 bits per heavy atom. The quantitative estimate of drug-likeness (QED) is 0.211. The molecule has 0 aliphatic rings. The van der Waals surface area contributed by atoms with Crippen molar-refractivity contribution in [2.75, 3.05) is 31.0 Å². The van der Waals surface area contributed by atoms with E-state index in [1.807, 2.05) is 6.92 Å². The van der Waals surface area contributed by atoms with Gasteiger partial charge in [-0.3, -0.25) is 0 Å². The molecule has 1 heterocycles. The third kappa shape index (κ3) is 8.72. The number of thiocarbonyl (C=S) groups is 1. The minimum atomic E-state index is -4.70. The van der Waals surface area contributed by atoms with Gasteiger partial charge in [-0.05, 0) is 24.7 Å². The fourth-order valence-electron chi connectivity index (χ4n) is 2.45. The highest BCUT2D eigenvalue weighted by Crippen LogP contribution is 2.32. The van der Waals surface area contributed by atoms with Crippen molar-refractivity contribution in [2.24, 2.45) is 0 Å². The van der Waals surface area contributed by atoms with E-state index in [1.54, 1.807) is 6.07 Å². The van der Waals surface area contributed by atoms with Gasteiger partial charge in [-0.15, -0.1) is 11.3 Å². The lowest BCUT2D eigenvalue weighted by Gasteiger charge is -2.18. The number of thiophene rings is 1. The zero-order chi connectivity index (χ0) is 26.4. The molecule has 0 radical (unpaired) electrons. The number of benzene rings is 1. The first-order valence-corrected chi connectivity index (χ1v) is 10.9. The van der Waals surface area contributed by atoms with Crippen LogP contribution in [0.25, 0.3) is 0 Å². The van der Waals surface area contributed by atoms with Gasteiger partial charge in [0.1, 0.15) is 16.5 Å². The number of alkyl halides is 7. The van der Waals surface area contributed by atoms with E-state index in [4.69, 9.17) is 17.0 Å². The molecule has 6 nitrogen and oxygen atoms in total. The Kier molecular flexibility index (Phi) is 9.54. The number of rotatable bonds is 10. The Morgan fingerprint density at radius 2 is 1.63 bits per heavy atom. The summed E-state index contributed by atoms with van der Waals surface area (Å²) in [5.74, 6) is -6.06. The highest BCUT2D eigenvalue weighted by molar-refractivity contribution is 7.80. The maximum atomic E-state index is 13.2. The lowest BCUT2D eigenvalue weighted by atomic mass is 10.2. The van der Waals surface area contributed by atoms with E-state index >= 15 is 0 Å². The molecule has 15 heteroatoms. The molecule has 0 saturated heterocycles. The Hall–Kier alpha value is -2.81. The molecule has 2 aromatic rings. The minimum absolute atomic E-state index is 0.0653. The van der Waals surface area contributed by atoms with E-state index in [9.17, 15) is 35.5 Å². The van der Waals surface area contributed by atoms with Gasteiger partial charge in [0, 0.05) is 28.8 Å². The lowest BCUT2D eigenvalue weighted by Crippen LogP contribution is -2.33. The molecule has 0 bridgehead atoms. The van der Waals surface area contributed by atoms with Crippen molar-refractivity contribution >= 4 is 45.3 Å². The van der Waals surface area contributed by atoms with Gasteiger partial charge in [-0.2, -0.15) is 22.0 Å². The summed E-state index contributed by atoms with van der Waals surface area (Å²) in [5.41, 5.74) is 0.128. The SMILES string of the molecule is CCc1cc(C(=O)OC)c(NC(=S)Nc2cc(OCC(F)(F)F)cc(OCC(F)(F)C(F)F)c2)s1. The molecule has 0 aliphatic carbocycles. The summed E-state index contributed by atoms with van der Waals surface area (Å²) in [4.78, 5) is 12.8. The molecule has 0 spiro atoms. The number of anilines is 2. The maximum Gasteiger partial charge on any atom is 0.422 e. The van der Waals surface area contributed by atoms with Crippen LogP contribution in [0.3, 0.4) is 0 Å². The lowest BCUT2D eigenvalue weighted by molar-refractivity contribution is -0.153. The van der Waals surface area contributed by atoms with Crippen LogP contribution in [0.2, 0.25) is 0 Å². The number of esters is 1. The van der Waals surface area contributed by atoms with Gasteiger partial charge >= 0.3 is 24.5 Å². The van der Waals surface area contributed by atoms with Crippen LogP contribution >= 0.6 is 23.6 Å². The van der Waals surface area contributed by atoms with Crippen molar-refractivity contribution in [3.63, 3.8) is 0 Å². The largest absolute Gasteiger partial charge is 0.487 e. The molecule has 0 fully saturated rings. The first-order chi connectivity index (χ1) is 16.2. The number of halogens is 7. The van der Waals surface area contributed by atoms with Crippen LogP contribution < -0.4 is 20.1 Å². The van der Waals surface area contributed by atoms with Gasteiger partial charge in [0.15, 0.2) is 18.3 Å². The van der Waals surface area contributed by atoms with E-state index in [1.165, 1.54) is 18.4 Å². The number of hydrogen-bond acceptors (Lipinski definition) is 6. The fraction of sp³-hybridized carbons (Fsp3) is 0.400. The van der Waals surface area contributed by atoms with Gasteiger partial charge in [0.25, 0.3) is 0 Å². The van der Waals surface area contributed by atoms with Gasteiger partial charge in [0.2, 0.25) is 0 Å². The Balaban J connectivity index is 2.25. The molecular formula is C20H19F7N2O4S2. The summed E-state index contributed by atoms with van der Waals surface area (Å²) >= 11 is 6.37. The van der Waals surface area contributed by atoms with Crippen LogP contribution in [0.5, 0.6) is 11.5 Å².